The third-order valence-corrected chi connectivity index (χ3v) is 3.75. The summed E-state index contributed by atoms with van der Waals surface area (Å²) in [5.41, 5.74) is 4.05. The summed E-state index contributed by atoms with van der Waals surface area (Å²) in [7, 11) is 0. The molecule has 0 bridgehead atoms. The summed E-state index contributed by atoms with van der Waals surface area (Å²) in [6, 6.07) is 17.4. The highest BCUT2D eigenvalue weighted by Gasteiger charge is 2.07. The molecule has 0 saturated heterocycles. The molecule has 2 aromatic rings. The first kappa shape index (κ1) is 12.3. The first-order chi connectivity index (χ1) is 8.22. The van der Waals surface area contributed by atoms with Crippen LogP contribution in [-0.4, -0.2) is 6.26 Å². The zero-order valence-electron chi connectivity index (χ0n) is 10.6. The quantitative estimate of drug-likeness (QED) is 0.667. The molecule has 0 aliphatic rings. The number of thioether (sulfide) groups is 1. The minimum atomic E-state index is 0.589. The second kappa shape index (κ2) is 5.42. The Labute approximate surface area is 108 Å². The van der Waals surface area contributed by atoms with Gasteiger partial charge < -0.3 is 0 Å². The van der Waals surface area contributed by atoms with E-state index >= 15 is 0 Å². The van der Waals surface area contributed by atoms with Crippen molar-refractivity contribution in [1.29, 1.82) is 0 Å². The molecule has 2 aromatic carbocycles. The molecule has 88 valence electrons. The molecule has 0 radical (unpaired) electrons. The second-order valence-electron chi connectivity index (χ2n) is 4.48. The predicted octanol–water partition coefficient (Wildman–Crippen LogP) is 5.20. The molecule has 0 aromatic heterocycles. The van der Waals surface area contributed by atoms with Gasteiger partial charge in [0, 0.05) is 4.90 Å². The fourth-order valence-corrected chi connectivity index (χ4v) is 2.58. The highest BCUT2D eigenvalue weighted by atomic mass is 32.2. The van der Waals surface area contributed by atoms with Crippen LogP contribution in [0.5, 0.6) is 0 Å². The van der Waals surface area contributed by atoms with Crippen molar-refractivity contribution in [1.82, 2.24) is 0 Å². The first-order valence-electron chi connectivity index (χ1n) is 5.95. The second-order valence-corrected chi connectivity index (χ2v) is 5.33. The zero-order valence-corrected chi connectivity index (χ0v) is 11.4. The molecule has 17 heavy (non-hydrogen) atoms. The lowest BCUT2D eigenvalue weighted by atomic mass is 9.99. The highest BCUT2D eigenvalue weighted by Crippen LogP contribution is 2.32. The Morgan fingerprint density at radius 1 is 0.941 bits per heavy atom. The molecule has 0 atom stereocenters. The summed E-state index contributed by atoms with van der Waals surface area (Å²) in [4.78, 5) is 1.36. The molecule has 0 heterocycles. The van der Waals surface area contributed by atoms with E-state index in [4.69, 9.17) is 0 Å². The van der Waals surface area contributed by atoms with Crippen molar-refractivity contribution < 1.29 is 0 Å². The molecular formula is C16H18S. The van der Waals surface area contributed by atoms with Gasteiger partial charge in [-0.2, -0.15) is 0 Å². The van der Waals surface area contributed by atoms with Crippen LogP contribution < -0.4 is 0 Å². The van der Waals surface area contributed by atoms with Crippen molar-refractivity contribution in [3.63, 3.8) is 0 Å². The van der Waals surface area contributed by atoms with E-state index in [2.05, 4.69) is 68.6 Å². The Kier molecular flexibility index (Phi) is 3.90. The maximum Gasteiger partial charge on any atom is 0.0150 e. The van der Waals surface area contributed by atoms with E-state index in [0.717, 1.165) is 0 Å². The average molecular weight is 242 g/mol. The summed E-state index contributed by atoms with van der Waals surface area (Å²) in [6.07, 6.45) is 2.14. The molecule has 0 unspecified atom stereocenters. The van der Waals surface area contributed by atoms with Gasteiger partial charge in [0.15, 0.2) is 0 Å². The van der Waals surface area contributed by atoms with Gasteiger partial charge in [-0.25, -0.2) is 0 Å². The lowest BCUT2D eigenvalue weighted by Crippen LogP contribution is -1.89. The third kappa shape index (κ3) is 2.73. The maximum absolute atomic E-state index is 2.32. The Hall–Kier alpha value is -1.21. The Morgan fingerprint density at radius 3 is 2.24 bits per heavy atom. The molecule has 2 rings (SSSR count). The maximum atomic E-state index is 2.32. The summed E-state index contributed by atoms with van der Waals surface area (Å²) < 4.78 is 0. The largest absolute Gasteiger partial charge is 0.129 e. The fraction of sp³-hybridized carbons (Fsp3) is 0.250. The molecule has 0 aliphatic heterocycles. The SMILES string of the molecule is CSc1cc(C(C)C)ccc1-c1ccccc1. The summed E-state index contributed by atoms with van der Waals surface area (Å²) in [5.74, 6) is 0.589. The van der Waals surface area contributed by atoms with Gasteiger partial charge in [0.1, 0.15) is 0 Å². The van der Waals surface area contributed by atoms with E-state index in [1.165, 1.54) is 21.6 Å². The fourth-order valence-electron chi connectivity index (χ4n) is 1.92. The summed E-state index contributed by atoms with van der Waals surface area (Å²) >= 11 is 1.82. The van der Waals surface area contributed by atoms with E-state index in [1.807, 2.05) is 11.8 Å². The molecular weight excluding hydrogens is 224 g/mol. The van der Waals surface area contributed by atoms with Gasteiger partial charge in [0.25, 0.3) is 0 Å². The Morgan fingerprint density at radius 2 is 1.65 bits per heavy atom. The van der Waals surface area contributed by atoms with Crippen LogP contribution in [0.15, 0.2) is 53.4 Å². The van der Waals surface area contributed by atoms with Crippen molar-refractivity contribution in [3.8, 4) is 11.1 Å². The molecule has 0 amide bonds. The normalized spacial score (nSPS) is 10.8. The lowest BCUT2D eigenvalue weighted by Gasteiger charge is -2.12. The first-order valence-corrected chi connectivity index (χ1v) is 7.18. The van der Waals surface area contributed by atoms with Crippen LogP contribution in [-0.2, 0) is 0 Å². The van der Waals surface area contributed by atoms with Crippen molar-refractivity contribution in [3.05, 3.63) is 54.1 Å². The number of hydrogen-bond donors (Lipinski definition) is 0. The molecule has 0 nitrogen and oxygen atoms in total. The molecule has 1 heteroatoms. The Bertz CT molecular complexity index is 486. The van der Waals surface area contributed by atoms with E-state index in [-0.39, 0.29) is 0 Å². The zero-order chi connectivity index (χ0) is 12.3. The van der Waals surface area contributed by atoms with Crippen molar-refractivity contribution in [2.75, 3.05) is 6.26 Å². The van der Waals surface area contributed by atoms with Crippen LogP contribution in [0.3, 0.4) is 0 Å². The van der Waals surface area contributed by atoms with E-state index in [0.29, 0.717) is 5.92 Å². The smallest absolute Gasteiger partial charge is 0.0150 e. The minimum Gasteiger partial charge on any atom is -0.129 e. The summed E-state index contributed by atoms with van der Waals surface area (Å²) in [5, 5.41) is 0. The molecule has 0 fully saturated rings. The van der Waals surface area contributed by atoms with Gasteiger partial charge in [-0.05, 0) is 34.9 Å². The molecule has 0 aliphatic carbocycles. The lowest BCUT2D eigenvalue weighted by molar-refractivity contribution is 0.863. The monoisotopic (exact) mass is 242 g/mol. The molecule has 0 N–H and O–H groups in total. The number of benzene rings is 2. The van der Waals surface area contributed by atoms with Gasteiger partial charge in [-0.15, -0.1) is 11.8 Å². The van der Waals surface area contributed by atoms with Gasteiger partial charge in [0.2, 0.25) is 0 Å². The minimum absolute atomic E-state index is 0.589. The average Bonchev–Trinajstić information content (AvgIpc) is 2.39. The standard InChI is InChI=1S/C16H18S/c1-12(2)14-9-10-15(16(11-14)17-3)13-7-5-4-6-8-13/h4-12H,1-3H3. The van der Waals surface area contributed by atoms with Crippen molar-refractivity contribution in [2.45, 2.75) is 24.7 Å². The van der Waals surface area contributed by atoms with Gasteiger partial charge in [-0.3, -0.25) is 0 Å². The van der Waals surface area contributed by atoms with E-state index in [9.17, 15) is 0 Å². The highest BCUT2D eigenvalue weighted by molar-refractivity contribution is 7.98. The van der Waals surface area contributed by atoms with Crippen LogP contribution in [0.25, 0.3) is 11.1 Å². The van der Waals surface area contributed by atoms with Gasteiger partial charge in [0.05, 0.1) is 0 Å². The van der Waals surface area contributed by atoms with Crippen LogP contribution in [0, 0.1) is 0 Å². The number of rotatable bonds is 3. The van der Waals surface area contributed by atoms with Crippen LogP contribution >= 0.6 is 11.8 Å². The van der Waals surface area contributed by atoms with Crippen molar-refractivity contribution in [2.24, 2.45) is 0 Å². The molecule has 0 spiro atoms. The summed E-state index contributed by atoms with van der Waals surface area (Å²) in [6.45, 7) is 4.48. The molecule has 0 saturated carbocycles. The topological polar surface area (TPSA) is 0 Å². The van der Waals surface area contributed by atoms with Crippen molar-refractivity contribution >= 4 is 11.8 Å². The predicted molar refractivity (Wildman–Crippen MR) is 77.7 cm³/mol. The van der Waals surface area contributed by atoms with Gasteiger partial charge >= 0.3 is 0 Å². The van der Waals surface area contributed by atoms with E-state index < -0.39 is 0 Å². The van der Waals surface area contributed by atoms with Gasteiger partial charge in [-0.1, -0.05) is 56.3 Å². The van der Waals surface area contributed by atoms with E-state index in [1.54, 1.807) is 0 Å². The Balaban J connectivity index is 2.49. The van der Waals surface area contributed by atoms with Crippen LogP contribution in [0.1, 0.15) is 25.3 Å². The number of hydrogen-bond acceptors (Lipinski definition) is 1. The third-order valence-electron chi connectivity index (χ3n) is 2.98. The van der Waals surface area contributed by atoms with Crippen LogP contribution in [0.2, 0.25) is 0 Å². The van der Waals surface area contributed by atoms with Crippen LogP contribution in [0.4, 0.5) is 0 Å².